The van der Waals surface area contributed by atoms with Crippen molar-refractivity contribution in [1.29, 1.82) is 0 Å². The van der Waals surface area contributed by atoms with E-state index in [1.807, 2.05) is 29.2 Å². The number of ether oxygens (including phenoxy) is 1. The molecule has 1 saturated heterocycles. The molecule has 2 unspecified atom stereocenters. The Hall–Kier alpha value is -1.16. The van der Waals surface area contributed by atoms with Gasteiger partial charge in [-0.1, -0.05) is 19.9 Å². The minimum Gasteiger partial charge on any atom is -0.497 e. The molecule has 1 amide bonds. The molecule has 0 aliphatic carbocycles. The average Bonchev–Trinajstić information content (AvgIpc) is 2.44. The minimum atomic E-state index is 0.246. The highest BCUT2D eigenvalue weighted by molar-refractivity contribution is 8.00. The van der Waals surface area contributed by atoms with E-state index in [-0.39, 0.29) is 5.91 Å². The summed E-state index contributed by atoms with van der Waals surface area (Å²) < 4.78 is 5.20. The molecule has 0 saturated carbocycles. The standard InChI is InChI=1S/C16H23NO2S/c1-12-7-13(2)10-17(9-12)16(18)11-20-15-6-4-5-14(8-15)19-3/h4-6,8,12-13H,7,9-11H2,1-3H3. The molecule has 4 heteroatoms. The summed E-state index contributed by atoms with van der Waals surface area (Å²) in [5.41, 5.74) is 0. The topological polar surface area (TPSA) is 29.5 Å². The number of methoxy groups -OCH3 is 1. The van der Waals surface area contributed by atoms with Crippen LogP contribution in [0.1, 0.15) is 20.3 Å². The highest BCUT2D eigenvalue weighted by Gasteiger charge is 2.25. The van der Waals surface area contributed by atoms with Crippen LogP contribution in [0.2, 0.25) is 0 Å². The van der Waals surface area contributed by atoms with E-state index in [2.05, 4.69) is 13.8 Å². The lowest BCUT2D eigenvalue weighted by Crippen LogP contribution is -2.43. The number of carbonyl (C=O) groups excluding carboxylic acids is 1. The van der Waals surface area contributed by atoms with E-state index in [0.717, 1.165) is 23.7 Å². The van der Waals surface area contributed by atoms with Gasteiger partial charge >= 0.3 is 0 Å². The molecular formula is C16H23NO2S. The van der Waals surface area contributed by atoms with Gasteiger partial charge in [0.05, 0.1) is 12.9 Å². The van der Waals surface area contributed by atoms with Crippen molar-refractivity contribution in [3.8, 4) is 5.75 Å². The Labute approximate surface area is 125 Å². The number of thioether (sulfide) groups is 1. The molecule has 3 nitrogen and oxygen atoms in total. The summed E-state index contributed by atoms with van der Waals surface area (Å²) in [6, 6.07) is 7.86. The van der Waals surface area contributed by atoms with Crippen molar-refractivity contribution in [1.82, 2.24) is 4.90 Å². The van der Waals surface area contributed by atoms with Crippen LogP contribution in [0.25, 0.3) is 0 Å². The van der Waals surface area contributed by atoms with Crippen molar-refractivity contribution >= 4 is 17.7 Å². The summed E-state index contributed by atoms with van der Waals surface area (Å²) >= 11 is 1.58. The van der Waals surface area contributed by atoms with E-state index in [9.17, 15) is 4.79 Å². The number of benzene rings is 1. The molecule has 2 rings (SSSR count). The van der Waals surface area contributed by atoms with Gasteiger partial charge in [-0.3, -0.25) is 4.79 Å². The fourth-order valence-electron chi connectivity index (χ4n) is 2.79. The van der Waals surface area contributed by atoms with Gasteiger partial charge in [-0.05, 0) is 36.5 Å². The molecule has 1 aliphatic rings. The molecule has 0 bridgehead atoms. The molecule has 1 heterocycles. The third kappa shape index (κ3) is 4.17. The molecule has 0 spiro atoms. The van der Waals surface area contributed by atoms with Crippen molar-refractivity contribution in [2.75, 3.05) is 26.0 Å². The maximum absolute atomic E-state index is 12.3. The summed E-state index contributed by atoms with van der Waals surface area (Å²) in [7, 11) is 1.66. The van der Waals surface area contributed by atoms with Crippen LogP contribution in [0.15, 0.2) is 29.2 Å². The molecule has 1 aliphatic heterocycles. The lowest BCUT2D eigenvalue weighted by atomic mass is 9.92. The average molecular weight is 293 g/mol. The van der Waals surface area contributed by atoms with Crippen LogP contribution in [0.5, 0.6) is 5.75 Å². The first kappa shape index (κ1) is 15.2. The van der Waals surface area contributed by atoms with Gasteiger partial charge in [-0.15, -0.1) is 11.8 Å². The molecular weight excluding hydrogens is 270 g/mol. The van der Waals surface area contributed by atoms with Crippen LogP contribution in [0, 0.1) is 11.8 Å². The second kappa shape index (κ2) is 7.02. The summed E-state index contributed by atoms with van der Waals surface area (Å²) in [5.74, 6) is 2.82. The molecule has 0 N–H and O–H groups in total. The second-order valence-corrected chi connectivity index (χ2v) is 6.76. The number of carbonyl (C=O) groups is 1. The predicted molar refractivity (Wildman–Crippen MR) is 83.2 cm³/mol. The number of amides is 1. The lowest BCUT2D eigenvalue weighted by Gasteiger charge is -2.35. The SMILES string of the molecule is COc1cccc(SCC(=O)N2CC(C)CC(C)C2)c1. The molecule has 20 heavy (non-hydrogen) atoms. The minimum absolute atomic E-state index is 0.246. The number of rotatable bonds is 4. The molecule has 1 aromatic rings. The van der Waals surface area contributed by atoms with Crippen LogP contribution in [0.4, 0.5) is 0 Å². The number of likely N-dealkylation sites (tertiary alicyclic amines) is 1. The molecule has 110 valence electrons. The van der Waals surface area contributed by atoms with Gasteiger partial charge in [-0.2, -0.15) is 0 Å². The highest BCUT2D eigenvalue weighted by Crippen LogP contribution is 2.25. The summed E-state index contributed by atoms with van der Waals surface area (Å²) in [4.78, 5) is 15.4. The van der Waals surface area contributed by atoms with Crippen LogP contribution in [0.3, 0.4) is 0 Å². The van der Waals surface area contributed by atoms with E-state index < -0.39 is 0 Å². The smallest absolute Gasteiger partial charge is 0.232 e. The molecule has 1 fully saturated rings. The first-order chi connectivity index (χ1) is 9.58. The van der Waals surface area contributed by atoms with Gasteiger partial charge < -0.3 is 9.64 Å². The first-order valence-electron chi connectivity index (χ1n) is 7.13. The van der Waals surface area contributed by atoms with Crippen LogP contribution < -0.4 is 4.74 Å². The van der Waals surface area contributed by atoms with Crippen molar-refractivity contribution in [3.63, 3.8) is 0 Å². The Balaban J connectivity index is 1.88. The molecule has 0 aromatic heterocycles. The summed E-state index contributed by atoms with van der Waals surface area (Å²) in [5, 5.41) is 0. The van der Waals surface area contributed by atoms with Crippen LogP contribution in [-0.2, 0) is 4.79 Å². The van der Waals surface area contributed by atoms with Crippen molar-refractivity contribution in [2.45, 2.75) is 25.2 Å². The normalized spacial score (nSPS) is 22.6. The quantitative estimate of drug-likeness (QED) is 0.798. The van der Waals surface area contributed by atoms with Crippen molar-refractivity contribution in [2.24, 2.45) is 11.8 Å². The third-order valence-corrected chi connectivity index (χ3v) is 4.60. The van der Waals surface area contributed by atoms with Crippen molar-refractivity contribution < 1.29 is 9.53 Å². The first-order valence-corrected chi connectivity index (χ1v) is 8.11. The number of hydrogen-bond donors (Lipinski definition) is 0. The Morgan fingerprint density at radius 3 is 2.70 bits per heavy atom. The predicted octanol–water partition coefficient (Wildman–Crippen LogP) is 3.29. The van der Waals surface area contributed by atoms with Gasteiger partial charge in [0.1, 0.15) is 5.75 Å². The Morgan fingerprint density at radius 2 is 2.05 bits per heavy atom. The molecule has 1 aromatic carbocycles. The summed E-state index contributed by atoms with van der Waals surface area (Å²) in [6.07, 6.45) is 1.23. The van der Waals surface area contributed by atoms with Crippen molar-refractivity contribution in [3.05, 3.63) is 24.3 Å². The van der Waals surface area contributed by atoms with Crippen LogP contribution in [-0.4, -0.2) is 36.8 Å². The highest BCUT2D eigenvalue weighted by atomic mass is 32.2. The number of piperidine rings is 1. The van der Waals surface area contributed by atoms with E-state index in [0.29, 0.717) is 17.6 Å². The largest absolute Gasteiger partial charge is 0.497 e. The van der Waals surface area contributed by atoms with Crippen LogP contribution >= 0.6 is 11.8 Å². The zero-order chi connectivity index (χ0) is 14.5. The second-order valence-electron chi connectivity index (χ2n) is 5.71. The monoisotopic (exact) mass is 293 g/mol. The number of hydrogen-bond acceptors (Lipinski definition) is 3. The fourth-order valence-corrected chi connectivity index (χ4v) is 3.64. The van der Waals surface area contributed by atoms with Gasteiger partial charge in [0, 0.05) is 18.0 Å². The summed E-state index contributed by atoms with van der Waals surface area (Å²) in [6.45, 7) is 6.26. The fraction of sp³-hybridized carbons (Fsp3) is 0.562. The van der Waals surface area contributed by atoms with E-state index >= 15 is 0 Å². The number of nitrogens with zero attached hydrogens (tertiary/aromatic N) is 1. The maximum atomic E-state index is 12.3. The third-order valence-electron chi connectivity index (χ3n) is 3.63. The zero-order valence-electron chi connectivity index (χ0n) is 12.5. The Kier molecular flexibility index (Phi) is 5.35. The van der Waals surface area contributed by atoms with Gasteiger partial charge in [0.2, 0.25) is 5.91 Å². The Bertz CT molecular complexity index is 454. The van der Waals surface area contributed by atoms with E-state index in [1.165, 1.54) is 6.42 Å². The Morgan fingerprint density at radius 1 is 1.35 bits per heavy atom. The maximum Gasteiger partial charge on any atom is 0.232 e. The van der Waals surface area contributed by atoms with Gasteiger partial charge in [0.15, 0.2) is 0 Å². The van der Waals surface area contributed by atoms with E-state index in [1.54, 1.807) is 18.9 Å². The van der Waals surface area contributed by atoms with E-state index in [4.69, 9.17) is 4.74 Å². The molecule has 0 radical (unpaired) electrons. The van der Waals surface area contributed by atoms with Gasteiger partial charge in [-0.25, -0.2) is 0 Å². The molecule has 2 atom stereocenters. The zero-order valence-corrected chi connectivity index (χ0v) is 13.3. The van der Waals surface area contributed by atoms with Gasteiger partial charge in [0.25, 0.3) is 0 Å². The lowest BCUT2D eigenvalue weighted by molar-refractivity contribution is -0.130.